The summed E-state index contributed by atoms with van der Waals surface area (Å²) in [5.74, 6) is -0.876. The monoisotopic (exact) mass is 244 g/mol. The zero-order valence-electron chi connectivity index (χ0n) is 9.49. The van der Waals surface area contributed by atoms with Gasteiger partial charge in [0.05, 0.1) is 6.61 Å². The average Bonchev–Trinajstić information content (AvgIpc) is 2.60. The maximum absolute atomic E-state index is 10.7. The summed E-state index contributed by atoms with van der Waals surface area (Å²) in [6.45, 7) is 3.69. The van der Waals surface area contributed by atoms with Gasteiger partial charge in [-0.25, -0.2) is 4.79 Å². The molecule has 0 saturated carbocycles. The summed E-state index contributed by atoms with van der Waals surface area (Å²) in [5, 5.41) is 8.82. The molecule has 0 amide bonds. The summed E-state index contributed by atoms with van der Waals surface area (Å²) in [5.41, 5.74) is 0.958. The minimum Gasteiger partial charge on any atom is -0.477 e. The Labute approximate surface area is 98.8 Å². The van der Waals surface area contributed by atoms with Crippen LogP contribution in [0.5, 0.6) is 0 Å². The SMILES string of the molecule is COCCCOCc1cc(C(=O)O)sc1C. The van der Waals surface area contributed by atoms with Gasteiger partial charge in [0, 0.05) is 25.2 Å². The van der Waals surface area contributed by atoms with E-state index in [9.17, 15) is 4.79 Å². The Morgan fingerprint density at radius 3 is 2.81 bits per heavy atom. The summed E-state index contributed by atoms with van der Waals surface area (Å²) < 4.78 is 10.3. The van der Waals surface area contributed by atoms with E-state index in [4.69, 9.17) is 14.6 Å². The lowest BCUT2D eigenvalue weighted by molar-refractivity contribution is 0.0701. The summed E-state index contributed by atoms with van der Waals surface area (Å²) in [4.78, 5) is 12.1. The van der Waals surface area contributed by atoms with Crippen molar-refractivity contribution < 1.29 is 19.4 Å². The van der Waals surface area contributed by atoms with Gasteiger partial charge in [0.25, 0.3) is 0 Å². The molecule has 0 bridgehead atoms. The molecule has 1 N–H and O–H groups in total. The van der Waals surface area contributed by atoms with Crippen molar-refractivity contribution in [3.8, 4) is 0 Å². The van der Waals surface area contributed by atoms with Crippen LogP contribution in [0.3, 0.4) is 0 Å². The van der Waals surface area contributed by atoms with E-state index in [1.165, 1.54) is 11.3 Å². The molecule has 0 aliphatic rings. The highest BCUT2D eigenvalue weighted by Gasteiger charge is 2.10. The van der Waals surface area contributed by atoms with Crippen LogP contribution in [0.1, 0.15) is 26.5 Å². The van der Waals surface area contributed by atoms with Crippen LogP contribution in [-0.2, 0) is 16.1 Å². The van der Waals surface area contributed by atoms with Crippen molar-refractivity contribution in [3.05, 3.63) is 21.4 Å². The van der Waals surface area contributed by atoms with Crippen molar-refractivity contribution in [2.45, 2.75) is 20.0 Å². The van der Waals surface area contributed by atoms with Crippen molar-refractivity contribution in [3.63, 3.8) is 0 Å². The first-order valence-corrected chi connectivity index (χ1v) is 5.86. The Morgan fingerprint density at radius 1 is 1.50 bits per heavy atom. The summed E-state index contributed by atoms with van der Waals surface area (Å²) in [6, 6.07) is 1.68. The zero-order chi connectivity index (χ0) is 12.0. The highest BCUT2D eigenvalue weighted by molar-refractivity contribution is 7.14. The number of carboxylic acid groups (broad SMARTS) is 1. The Morgan fingerprint density at radius 2 is 2.25 bits per heavy atom. The number of thiophene rings is 1. The van der Waals surface area contributed by atoms with Crippen LogP contribution in [0.15, 0.2) is 6.07 Å². The summed E-state index contributed by atoms with van der Waals surface area (Å²) >= 11 is 1.29. The van der Waals surface area contributed by atoms with Crippen LogP contribution in [0, 0.1) is 6.92 Å². The van der Waals surface area contributed by atoms with E-state index in [0.717, 1.165) is 16.9 Å². The molecule has 0 atom stereocenters. The third-order valence-corrected chi connectivity index (χ3v) is 3.21. The Kier molecular flexibility index (Phi) is 5.45. The molecule has 5 heteroatoms. The number of rotatable bonds is 7. The number of carboxylic acids is 1. The maximum atomic E-state index is 10.7. The van der Waals surface area contributed by atoms with Crippen LogP contribution in [0.25, 0.3) is 0 Å². The standard InChI is InChI=1S/C11H16O4S/c1-8-9(6-10(16-8)11(12)13)7-15-5-3-4-14-2/h6H,3-5,7H2,1-2H3,(H,12,13). The fourth-order valence-corrected chi connectivity index (χ4v) is 2.12. The van der Waals surface area contributed by atoms with Crippen LogP contribution >= 0.6 is 11.3 Å². The lowest BCUT2D eigenvalue weighted by Crippen LogP contribution is -1.99. The number of carbonyl (C=O) groups is 1. The van der Waals surface area contributed by atoms with Crippen molar-refractivity contribution in [1.29, 1.82) is 0 Å². The van der Waals surface area contributed by atoms with Gasteiger partial charge in [-0.3, -0.25) is 0 Å². The quantitative estimate of drug-likeness (QED) is 0.748. The average molecular weight is 244 g/mol. The van der Waals surface area contributed by atoms with E-state index in [1.807, 2.05) is 6.92 Å². The molecule has 0 fully saturated rings. The fraction of sp³-hybridized carbons (Fsp3) is 0.545. The molecule has 1 aromatic rings. The molecule has 0 radical (unpaired) electrons. The first-order chi connectivity index (χ1) is 7.65. The number of hydrogen-bond donors (Lipinski definition) is 1. The van der Waals surface area contributed by atoms with Crippen LogP contribution < -0.4 is 0 Å². The molecule has 1 aromatic heterocycles. The van der Waals surface area contributed by atoms with E-state index in [-0.39, 0.29) is 0 Å². The molecule has 1 rings (SSSR count). The van der Waals surface area contributed by atoms with Gasteiger partial charge in [0.1, 0.15) is 4.88 Å². The Bertz CT molecular complexity index is 346. The first kappa shape index (κ1) is 13.2. The van der Waals surface area contributed by atoms with Crippen LogP contribution in [0.4, 0.5) is 0 Å². The van der Waals surface area contributed by atoms with Gasteiger partial charge in [-0.1, -0.05) is 0 Å². The lowest BCUT2D eigenvalue weighted by atomic mass is 10.2. The zero-order valence-corrected chi connectivity index (χ0v) is 10.3. The van der Waals surface area contributed by atoms with E-state index in [2.05, 4.69) is 0 Å². The molecule has 1 heterocycles. The number of aryl methyl sites for hydroxylation is 1. The second-order valence-corrected chi connectivity index (χ2v) is 4.65. The van der Waals surface area contributed by atoms with Gasteiger partial charge in [-0.2, -0.15) is 0 Å². The van der Waals surface area contributed by atoms with Gasteiger partial charge >= 0.3 is 5.97 Å². The largest absolute Gasteiger partial charge is 0.477 e. The number of methoxy groups -OCH3 is 1. The van der Waals surface area contributed by atoms with E-state index >= 15 is 0 Å². The molecule has 16 heavy (non-hydrogen) atoms. The van der Waals surface area contributed by atoms with E-state index in [1.54, 1.807) is 13.2 Å². The topological polar surface area (TPSA) is 55.8 Å². The van der Waals surface area contributed by atoms with Crippen molar-refractivity contribution >= 4 is 17.3 Å². The van der Waals surface area contributed by atoms with Crippen molar-refractivity contribution in [2.75, 3.05) is 20.3 Å². The predicted octanol–water partition coefficient (Wildman–Crippen LogP) is 2.31. The smallest absolute Gasteiger partial charge is 0.345 e. The van der Waals surface area contributed by atoms with Crippen LogP contribution in [0.2, 0.25) is 0 Å². The molecule has 0 saturated heterocycles. The highest BCUT2D eigenvalue weighted by Crippen LogP contribution is 2.22. The fourth-order valence-electron chi connectivity index (χ4n) is 1.26. The van der Waals surface area contributed by atoms with E-state index in [0.29, 0.717) is 24.7 Å². The molecule has 0 aliphatic heterocycles. The summed E-state index contributed by atoms with van der Waals surface area (Å²) in [7, 11) is 1.65. The van der Waals surface area contributed by atoms with Crippen LogP contribution in [-0.4, -0.2) is 31.4 Å². The molecule has 0 aliphatic carbocycles. The predicted molar refractivity (Wildman–Crippen MR) is 62.2 cm³/mol. The molecular weight excluding hydrogens is 228 g/mol. The number of ether oxygens (including phenoxy) is 2. The molecule has 4 nitrogen and oxygen atoms in total. The first-order valence-electron chi connectivity index (χ1n) is 5.04. The highest BCUT2D eigenvalue weighted by atomic mass is 32.1. The molecular formula is C11H16O4S. The number of hydrogen-bond acceptors (Lipinski definition) is 4. The molecule has 0 unspecified atom stereocenters. The van der Waals surface area contributed by atoms with Crippen molar-refractivity contribution in [2.24, 2.45) is 0 Å². The van der Waals surface area contributed by atoms with Crippen molar-refractivity contribution in [1.82, 2.24) is 0 Å². The van der Waals surface area contributed by atoms with Gasteiger partial charge in [-0.15, -0.1) is 11.3 Å². The molecule has 0 spiro atoms. The Hall–Kier alpha value is -0.910. The van der Waals surface area contributed by atoms with Gasteiger partial charge in [0.15, 0.2) is 0 Å². The minimum absolute atomic E-state index is 0.369. The van der Waals surface area contributed by atoms with Gasteiger partial charge in [0.2, 0.25) is 0 Å². The normalized spacial score (nSPS) is 10.6. The Balaban J connectivity index is 2.39. The van der Waals surface area contributed by atoms with Gasteiger partial charge < -0.3 is 14.6 Å². The molecule has 90 valence electrons. The second-order valence-electron chi connectivity index (χ2n) is 3.40. The minimum atomic E-state index is -0.876. The third-order valence-electron chi connectivity index (χ3n) is 2.13. The maximum Gasteiger partial charge on any atom is 0.345 e. The summed E-state index contributed by atoms with van der Waals surface area (Å²) in [6.07, 6.45) is 0.853. The second kappa shape index (κ2) is 6.62. The molecule has 0 aromatic carbocycles. The number of aromatic carboxylic acids is 1. The van der Waals surface area contributed by atoms with Gasteiger partial charge in [-0.05, 0) is 25.0 Å². The lowest BCUT2D eigenvalue weighted by Gasteiger charge is -2.02. The third kappa shape index (κ3) is 3.92. The van der Waals surface area contributed by atoms with E-state index < -0.39 is 5.97 Å².